The maximum atomic E-state index is 12.3. The van der Waals surface area contributed by atoms with Crippen LogP contribution in [0, 0.1) is 0 Å². The molecule has 1 fully saturated rings. The molecule has 0 saturated carbocycles. The van der Waals surface area contributed by atoms with Gasteiger partial charge in [0, 0.05) is 25.7 Å². The zero-order valence-electron chi connectivity index (χ0n) is 12.6. The average Bonchev–Trinajstić information content (AvgIpc) is 3.24. The Kier molecular flexibility index (Phi) is 4.42. The zero-order chi connectivity index (χ0) is 16.3. The molecule has 0 aliphatic carbocycles. The molecule has 1 atom stereocenters. The number of benzene rings is 1. The molecule has 0 unspecified atom stereocenters. The van der Waals surface area contributed by atoms with E-state index in [0.29, 0.717) is 13.1 Å². The van der Waals surface area contributed by atoms with E-state index in [-0.39, 0.29) is 29.0 Å². The Morgan fingerprint density at radius 1 is 1.26 bits per heavy atom. The van der Waals surface area contributed by atoms with Crippen molar-refractivity contribution in [1.29, 1.82) is 0 Å². The summed E-state index contributed by atoms with van der Waals surface area (Å²) in [6, 6.07) is 8.34. The normalized spacial score (nSPS) is 18.3. The first kappa shape index (κ1) is 15.7. The van der Waals surface area contributed by atoms with Crippen molar-refractivity contribution in [3.63, 3.8) is 0 Å². The third-order valence-electron chi connectivity index (χ3n) is 4.02. The molecule has 2 heterocycles. The van der Waals surface area contributed by atoms with Crippen LogP contribution in [0.25, 0.3) is 0 Å². The number of carbonyl (C=O) groups is 1. The standard InChI is InChI=1S/C15H18N4O3S/c20-15(7-11-23(21,22)14-4-2-1-3-5-14)18-9-6-13(12-18)19-10-8-16-17-19/h1-5,8,10,13H,6-7,9,11-12H2/t13-/m1/s1. The van der Waals surface area contributed by atoms with Gasteiger partial charge in [0.15, 0.2) is 9.84 Å². The van der Waals surface area contributed by atoms with E-state index in [9.17, 15) is 13.2 Å². The summed E-state index contributed by atoms with van der Waals surface area (Å²) in [6.45, 7) is 1.17. The fraction of sp³-hybridized carbons (Fsp3) is 0.400. The molecular weight excluding hydrogens is 316 g/mol. The van der Waals surface area contributed by atoms with Crippen LogP contribution in [0.5, 0.6) is 0 Å². The summed E-state index contributed by atoms with van der Waals surface area (Å²) in [6.07, 6.45) is 4.19. The lowest BCUT2D eigenvalue weighted by atomic mass is 10.3. The van der Waals surface area contributed by atoms with Crippen molar-refractivity contribution in [2.75, 3.05) is 18.8 Å². The number of likely N-dealkylation sites (tertiary alicyclic amines) is 1. The van der Waals surface area contributed by atoms with E-state index >= 15 is 0 Å². The minimum atomic E-state index is -3.42. The van der Waals surface area contributed by atoms with Gasteiger partial charge in [-0.25, -0.2) is 13.1 Å². The first-order valence-electron chi connectivity index (χ1n) is 7.47. The molecule has 1 aromatic carbocycles. The van der Waals surface area contributed by atoms with Gasteiger partial charge in [0.1, 0.15) is 0 Å². The van der Waals surface area contributed by atoms with Gasteiger partial charge in [-0.1, -0.05) is 23.4 Å². The average molecular weight is 334 g/mol. The Morgan fingerprint density at radius 3 is 2.74 bits per heavy atom. The van der Waals surface area contributed by atoms with Gasteiger partial charge < -0.3 is 4.90 Å². The molecule has 1 aliphatic heterocycles. The molecule has 2 aromatic rings. The Hall–Kier alpha value is -2.22. The van der Waals surface area contributed by atoms with Crippen LogP contribution in [0.1, 0.15) is 18.9 Å². The number of carbonyl (C=O) groups excluding carboxylic acids is 1. The van der Waals surface area contributed by atoms with E-state index in [2.05, 4.69) is 10.3 Å². The Morgan fingerprint density at radius 2 is 2.04 bits per heavy atom. The fourth-order valence-corrected chi connectivity index (χ4v) is 3.97. The third-order valence-corrected chi connectivity index (χ3v) is 5.75. The predicted octanol–water partition coefficient (Wildman–Crippen LogP) is 0.916. The Bertz CT molecular complexity index is 759. The molecule has 1 aliphatic rings. The van der Waals surface area contributed by atoms with Crippen LogP contribution < -0.4 is 0 Å². The van der Waals surface area contributed by atoms with Gasteiger partial charge in [0.2, 0.25) is 5.91 Å². The first-order chi connectivity index (χ1) is 11.1. The molecule has 0 N–H and O–H groups in total. The Balaban J connectivity index is 1.56. The van der Waals surface area contributed by atoms with Crippen LogP contribution in [0.2, 0.25) is 0 Å². The number of amides is 1. The van der Waals surface area contributed by atoms with Crippen molar-refractivity contribution in [3.05, 3.63) is 42.7 Å². The van der Waals surface area contributed by atoms with Gasteiger partial charge in [-0.2, -0.15) is 0 Å². The van der Waals surface area contributed by atoms with Gasteiger partial charge in [0.25, 0.3) is 0 Å². The van der Waals surface area contributed by atoms with Crippen LogP contribution >= 0.6 is 0 Å². The van der Waals surface area contributed by atoms with Crippen molar-refractivity contribution in [3.8, 4) is 0 Å². The number of sulfone groups is 1. The quantitative estimate of drug-likeness (QED) is 0.811. The van der Waals surface area contributed by atoms with Crippen LogP contribution in [-0.2, 0) is 14.6 Å². The van der Waals surface area contributed by atoms with E-state index in [0.717, 1.165) is 6.42 Å². The number of hydrogen-bond donors (Lipinski definition) is 0. The van der Waals surface area contributed by atoms with Gasteiger partial charge in [-0.15, -0.1) is 5.10 Å². The smallest absolute Gasteiger partial charge is 0.223 e. The van der Waals surface area contributed by atoms with E-state index in [1.807, 2.05) is 0 Å². The number of hydrogen-bond acceptors (Lipinski definition) is 5. The summed E-state index contributed by atoms with van der Waals surface area (Å²) in [5, 5.41) is 7.72. The summed E-state index contributed by atoms with van der Waals surface area (Å²) in [5.41, 5.74) is 0. The van der Waals surface area contributed by atoms with Gasteiger partial charge >= 0.3 is 0 Å². The number of aromatic nitrogens is 3. The Labute approximate surface area is 134 Å². The van der Waals surface area contributed by atoms with E-state index < -0.39 is 9.84 Å². The largest absolute Gasteiger partial charge is 0.340 e. The van der Waals surface area contributed by atoms with E-state index in [4.69, 9.17) is 0 Å². The fourth-order valence-electron chi connectivity index (χ4n) is 2.72. The van der Waals surface area contributed by atoms with Crippen molar-refractivity contribution in [1.82, 2.24) is 19.9 Å². The second-order valence-corrected chi connectivity index (χ2v) is 7.66. The number of rotatable bonds is 5. The minimum absolute atomic E-state index is 0.00129. The zero-order valence-corrected chi connectivity index (χ0v) is 13.4. The van der Waals surface area contributed by atoms with Crippen molar-refractivity contribution >= 4 is 15.7 Å². The molecule has 1 saturated heterocycles. The second-order valence-electron chi connectivity index (χ2n) is 5.55. The molecule has 8 heteroatoms. The molecular formula is C15H18N4O3S. The molecule has 23 heavy (non-hydrogen) atoms. The second kappa shape index (κ2) is 6.49. The molecule has 7 nitrogen and oxygen atoms in total. The van der Waals surface area contributed by atoms with Crippen molar-refractivity contribution in [2.45, 2.75) is 23.8 Å². The summed E-state index contributed by atoms with van der Waals surface area (Å²) in [4.78, 5) is 14.2. The van der Waals surface area contributed by atoms with Crippen LogP contribution in [0.3, 0.4) is 0 Å². The molecule has 3 rings (SSSR count). The summed E-state index contributed by atoms with van der Waals surface area (Å²) >= 11 is 0. The van der Waals surface area contributed by atoms with Gasteiger partial charge in [-0.05, 0) is 18.6 Å². The van der Waals surface area contributed by atoms with E-state index in [1.54, 1.807) is 52.3 Å². The highest BCUT2D eigenvalue weighted by Crippen LogP contribution is 2.21. The lowest BCUT2D eigenvalue weighted by molar-refractivity contribution is -0.129. The minimum Gasteiger partial charge on any atom is -0.340 e. The highest BCUT2D eigenvalue weighted by molar-refractivity contribution is 7.91. The lowest BCUT2D eigenvalue weighted by Gasteiger charge is -2.16. The van der Waals surface area contributed by atoms with E-state index in [1.165, 1.54) is 0 Å². The van der Waals surface area contributed by atoms with Gasteiger partial charge in [-0.3, -0.25) is 4.79 Å². The summed E-state index contributed by atoms with van der Waals surface area (Å²) < 4.78 is 26.2. The lowest BCUT2D eigenvalue weighted by Crippen LogP contribution is -2.30. The SMILES string of the molecule is O=C(CCS(=O)(=O)c1ccccc1)N1CC[C@@H](n2ccnn2)C1. The topological polar surface area (TPSA) is 85.2 Å². The molecule has 1 aromatic heterocycles. The highest BCUT2D eigenvalue weighted by atomic mass is 32.2. The maximum absolute atomic E-state index is 12.3. The number of nitrogens with zero attached hydrogens (tertiary/aromatic N) is 4. The third kappa shape index (κ3) is 3.58. The molecule has 0 bridgehead atoms. The summed E-state index contributed by atoms with van der Waals surface area (Å²) in [5.74, 6) is -0.299. The summed E-state index contributed by atoms with van der Waals surface area (Å²) in [7, 11) is -3.42. The molecule has 0 radical (unpaired) electrons. The van der Waals surface area contributed by atoms with Crippen LogP contribution in [0.15, 0.2) is 47.6 Å². The monoisotopic (exact) mass is 334 g/mol. The first-order valence-corrected chi connectivity index (χ1v) is 9.13. The molecule has 1 amide bonds. The molecule has 0 spiro atoms. The highest BCUT2D eigenvalue weighted by Gasteiger charge is 2.28. The predicted molar refractivity (Wildman–Crippen MR) is 83.4 cm³/mol. The van der Waals surface area contributed by atoms with Gasteiger partial charge in [0.05, 0.1) is 22.9 Å². The van der Waals surface area contributed by atoms with Crippen LogP contribution in [-0.4, -0.2) is 53.1 Å². The molecule has 122 valence electrons. The maximum Gasteiger partial charge on any atom is 0.223 e. The van der Waals surface area contributed by atoms with Crippen molar-refractivity contribution in [2.24, 2.45) is 0 Å². The van der Waals surface area contributed by atoms with Crippen LogP contribution in [0.4, 0.5) is 0 Å². The van der Waals surface area contributed by atoms with Crippen molar-refractivity contribution < 1.29 is 13.2 Å².